The van der Waals surface area contributed by atoms with Gasteiger partial charge in [0.05, 0.1) is 17.0 Å². The third-order valence-electron chi connectivity index (χ3n) is 5.51. The molecule has 2 aromatic carbocycles. The molecule has 30 heavy (non-hydrogen) atoms. The Morgan fingerprint density at radius 1 is 1.10 bits per heavy atom. The largest absolute Gasteiger partial charge is 0.371 e. The van der Waals surface area contributed by atoms with E-state index in [0.717, 1.165) is 30.3 Å². The van der Waals surface area contributed by atoms with Gasteiger partial charge in [-0.15, -0.1) is 0 Å². The Morgan fingerprint density at radius 3 is 2.63 bits per heavy atom. The van der Waals surface area contributed by atoms with Gasteiger partial charge in [0.15, 0.2) is 11.6 Å². The molecule has 1 aromatic heterocycles. The predicted octanol–water partition coefficient (Wildman–Crippen LogP) is 4.59. The maximum Gasteiger partial charge on any atom is 0.253 e. The lowest BCUT2D eigenvalue weighted by molar-refractivity contribution is 0.0947. The normalized spacial score (nSPS) is 16.0. The molecule has 154 valence electrons. The zero-order chi connectivity index (χ0) is 21.1. The van der Waals surface area contributed by atoms with E-state index in [1.807, 2.05) is 54.3 Å². The van der Waals surface area contributed by atoms with Crippen LogP contribution in [0.3, 0.4) is 0 Å². The quantitative estimate of drug-likeness (QED) is 0.673. The predicted molar refractivity (Wildman–Crippen MR) is 113 cm³/mol. The van der Waals surface area contributed by atoms with Gasteiger partial charge in [0, 0.05) is 37.0 Å². The molecular formula is C24H23F2N3O. The lowest BCUT2D eigenvalue weighted by Gasteiger charge is -2.19. The summed E-state index contributed by atoms with van der Waals surface area (Å²) in [6.07, 6.45) is 0.878. The SMILES string of the molecule is Cc1nc(-c2ccccc2)ccc1C(=O)NCC1CCN(c2ccc(F)c(F)c2)C1. The van der Waals surface area contributed by atoms with Crippen LogP contribution in [0.4, 0.5) is 14.5 Å². The van der Waals surface area contributed by atoms with Crippen LogP contribution >= 0.6 is 0 Å². The first kappa shape index (κ1) is 20.0. The Morgan fingerprint density at radius 2 is 1.90 bits per heavy atom. The van der Waals surface area contributed by atoms with Gasteiger partial charge < -0.3 is 10.2 Å². The molecular weight excluding hydrogens is 384 g/mol. The Kier molecular flexibility index (Phi) is 5.74. The van der Waals surface area contributed by atoms with Crippen LogP contribution < -0.4 is 10.2 Å². The van der Waals surface area contributed by atoms with E-state index in [4.69, 9.17) is 0 Å². The van der Waals surface area contributed by atoms with Crippen molar-refractivity contribution in [1.82, 2.24) is 10.3 Å². The Bertz CT molecular complexity index is 1060. The molecule has 1 unspecified atom stereocenters. The minimum Gasteiger partial charge on any atom is -0.371 e. The first-order valence-corrected chi connectivity index (χ1v) is 10.0. The van der Waals surface area contributed by atoms with Crippen molar-refractivity contribution < 1.29 is 13.6 Å². The van der Waals surface area contributed by atoms with Gasteiger partial charge in [0.2, 0.25) is 0 Å². The average Bonchev–Trinajstić information content (AvgIpc) is 3.23. The molecule has 1 aliphatic rings. The first-order valence-electron chi connectivity index (χ1n) is 10.0. The van der Waals surface area contributed by atoms with Crippen LogP contribution in [-0.2, 0) is 0 Å². The van der Waals surface area contributed by atoms with Gasteiger partial charge in [-0.05, 0) is 43.5 Å². The molecule has 1 fully saturated rings. The minimum absolute atomic E-state index is 0.147. The second kappa shape index (κ2) is 8.61. The number of amides is 1. The number of carbonyl (C=O) groups is 1. The van der Waals surface area contributed by atoms with Crippen LogP contribution in [0, 0.1) is 24.5 Å². The molecule has 1 saturated heterocycles. The van der Waals surface area contributed by atoms with Gasteiger partial charge in [-0.2, -0.15) is 0 Å². The highest BCUT2D eigenvalue weighted by Crippen LogP contribution is 2.25. The highest BCUT2D eigenvalue weighted by atomic mass is 19.2. The van der Waals surface area contributed by atoms with Gasteiger partial charge in [-0.25, -0.2) is 8.78 Å². The van der Waals surface area contributed by atoms with E-state index >= 15 is 0 Å². The highest BCUT2D eigenvalue weighted by molar-refractivity contribution is 5.95. The fraction of sp³-hybridized carbons (Fsp3) is 0.250. The van der Waals surface area contributed by atoms with Crippen LogP contribution in [0.1, 0.15) is 22.5 Å². The maximum absolute atomic E-state index is 13.5. The van der Waals surface area contributed by atoms with E-state index in [-0.39, 0.29) is 11.8 Å². The molecule has 4 nitrogen and oxygen atoms in total. The van der Waals surface area contributed by atoms with Crippen molar-refractivity contribution in [1.29, 1.82) is 0 Å². The lowest BCUT2D eigenvalue weighted by Crippen LogP contribution is -2.31. The third-order valence-corrected chi connectivity index (χ3v) is 5.51. The standard InChI is InChI=1S/C24H23F2N3O/c1-16-20(8-10-23(28-16)18-5-3-2-4-6-18)24(30)27-14-17-11-12-29(15-17)19-7-9-21(25)22(26)13-19/h2-10,13,17H,11-12,14-15H2,1H3,(H,27,30). The van der Waals surface area contributed by atoms with Crippen molar-refractivity contribution >= 4 is 11.6 Å². The van der Waals surface area contributed by atoms with Crippen molar-refractivity contribution in [2.24, 2.45) is 5.92 Å². The molecule has 1 atom stereocenters. The molecule has 3 aromatic rings. The summed E-state index contributed by atoms with van der Waals surface area (Å²) in [5.74, 6) is -1.58. The number of anilines is 1. The van der Waals surface area contributed by atoms with Crippen molar-refractivity contribution in [3.63, 3.8) is 0 Å². The number of carbonyl (C=O) groups excluding carboxylic acids is 1. The van der Waals surface area contributed by atoms with E-state index in [2.05, 4.69) is 10.3 Å². The smallest absolute Gasteiger partial charge is 0.253 e. The Hall–Kier alpha value is -3.28. The van der Waals surface area contributed by atoms with Crippen LogP contribution in [0.2, 0.25) is 0 Å². The summed E-state index contributed by atoms with van der Waals surface area (Å²) in [5.41, 5.74) is 3.76. The zero-order valence-electron chi connectivity index (χ0n) is 16.7. The molecule has 1 amide bonds. The molecule has 0 bridgehead atoms. The fourth-order valence-electron chi connectivity index (χ4n) is 3.82. The van der Waals surface area contributed by atoms with Crippen LogP contribution in [-0.4, -0.2) is 30.5 Å². The fourth-order valence-corrected chi connectivity index (χ4v) is 3.82. The number of halogens is 2. The van der Waals surface area contributed by atoms with E-state index < -0.39 is 11.6 Å². The minimum atomic E-state index is -0.843. The second-order valence-corrected chi connectivity index (χ2v) is 7.60. The van der Waals surface area contributed by atoms with Crippen molar-refractivity contribution in [3.05, 3.63) is 83.6 Å². The topological polar surface area (TPSA) is 45.2 Å². The first-order chi connectivity index (χ1) is 14.5. The van der Waals surface area contributed by atoms with Gasteiger partial charge >= 0.3 is 0 Å². The number of nitrogens with one attached hydrogen (secondary N) is 1. The van der Waals surface area contributed by atoms with E-state index in [0.29, 0.717) is 30.0 Å². The number of benzene rings is 2. The molecule has 0 aliphatic carbocycles. The number of aromatic nitrogens is 1. The summed E-state index contributed by atoms with van der Waals surface area (Å²) in [6.45, 7) is 3.80. The van der Waals surface area contributed by atoms with Crippen LogP contribution in [0.15, 0.2) is 60.7 Å². The summed E-state index contributed by atoms with van der Waals surface area (Å²) >= 11 is 0. The molecule has 1 N–H and O–H groups in total. The van der Waals surface area contributed by atoms with Crippen molar-refractivity contribution in [2.75, 3.05) is 24.5 Å². The van der Waals surface area contributed by atoms with E-state index in [9.17, 15) is 13.6 Å². The van der Waals surface area contributed by atoms with Gasteiger partial charge in [0.25, 0.3) is 5.91 Å². The van der Waals surface area contributed by atoms with Gasteiger partial charge in [-0.1, -0.05) is 30.3 Å². The average molecular weight is 407 g/mol. The number of aryl methyl sites for hydroxylation is 1. The molecule has 0 spiro atoms. The van der Waals surface area contributed by atoms with Crippen molar-refractivity contribution in [2.45, 2.75) is 13.3 Å². The molecule has 0 saturated carbocycles. The number of nitrogens with zero attached hydrogens (tertiary/aromatic N) is 2. The van der Waals surface area contributed by atoms with Crippen LogP contribution in [0.25, 0.3) is 11.3 Å². The molecule has 2 heterocycles. The highest BCUT2D eigenvalue weighted by Gasteiger charge is 2.24. The number of hydrogen-bond acceptors (Lipinski definition) is 3. The lowest BCUT2D eigenvalue weighted by atomic mass is 10.1. The Labute approximate surface area is 174 Å². The number of hydrogen-bond donors (Lipinski definition) is 1. The van der Waals surface area contributed by atoms with Gasteiger partial charge in [-0.3, -0.25) is 9.78 Å². The summed E-state index contributed by atoms with van der Waals surface area (Å²) in [5, 5.41) is 2.99. The molecule has 1 aliphatic heterocycles. The number of rotatable bonds is 5. The Balaban J connectivity index is 1.35. The summed E-state index contributed by atoms with van der Waals surface area (Å²) in [6, 6.07) is 17.5. The number of pyridine rings is 1. The van der Waals surface area contributed by atoms with Gasteiger partial charge in [0.1, 0.15) is 0 Å². The second-order valence-electron chi connectivity index (χ2n) is 7.60. The summed E-state index contributed by atoms with van der Waals surface area (Å²) < 4.78 is 26.6. The third kappa shape index (κ3) is 4.32. The molecule has 6 heteroatoms. The zero-order valence-corrected chi connectivity index (χ0v) is 16.7. The summed E-state index contributed by atoms with van der Waals surface area (Å²) in [7, 11) is 0. The molecule has 4 rings (SSSR count). The maximum atomic E-state index is 13.5. The summed E-state index contributed by atoms with van der Waals surface area (Å²) in [4.78, 5) is 19.2. The monoisotopic (exact) mass is 407 g/mol. The molecule has 0 radical (unpaired) electrons. The van der Waals surface area contributed by atoms with Crippen LogP contribution in [0.5, 0.6) is 0 Å². The van der Waals surface area contributed by atoms with E-state index in [1.165, 1.54) is 6.07 Å². The van der Waals surface area contributed by atoms with E-state index in [1.54, 1.807) is 6.07 Å². The van der Waals surface area contributed by atoms with Crippen molar-refractivity contribution in [3.8, 4) is 11.3 Å².